The zero-order valence-corrected chi connectivity index (χ0v) is 48.7. The monoisotopic (exact) mass is 1090 g/mol. The Hall–Kier alpha value is -8.51. The molecule has 2 N–H and O–H groups in total. The average molecular weight is 1090 g/mol. The third kappa shape index (κ3) is 17.7. The van der Waals surface area contributed by atoms with Crippen LogP contribution in [0.3, 0.4) is 0 Å². The second-order valence-electron chi connectivity index (χ2n) is 21.6. The summed E-state index contributed by atoms with van der Waals surface area (Å²) in [5.74, 6) is 5.04. The predicted octanol–water partition coefficient (Wildman–Crippen LogP) is 15.4. The van der Waals surface area contributed by atoms with Crippen LogP contribution in [-0.4, -0.2) is 63.8 Å². The van der Waals surface area contributed by atoms with Gasteiger partial charge in [0.1, 0.15) is 40.5 Å². The second kappa shape index (κ2) is 29.6. The van der Waals surface area contributed by atoms with Crippen molar-refractivity contribution in [1.29, 1.82) is 0 Å². The van der Waals surface area contributed by atoms with Crippen LogP contribution >= 0.6 is 0 Å². The summed E-state index contributed by atoms with van der Waals surface area (Å²) in [6, 6.07) is 49.0. The molecule has 0 saturated heterocycles. The van der Waals surface area contributed by atoms with Crippen molar-refractivity contribution in [1.82, 2.24) is 28.7 Å². The summed E-state index contributed by atoms with van der Waals surface area (Å²) in [5.41, 5.74) is 13.4. The van der Waals surface area contributed by atoms with E-state index in [1.54, 1.807) is 13.0 Å². The quantitative estimate of drug-likeness (QED) is 0.0598. The van der Waals surface area contributed by atoms with Crippen molar-refractivity contribution in [2.24, 2.45) is 11.8 Å². The van der Waals surface area contributed by atoms with E-state index in [1.165, 1.54) is 16.7 Å². The van der Waals surface area contributed by atoms with E-state index >= 15 is 0 Å². The number of nitrogens with zero attached hydrogens (tertiary/aromatic N) is 6. The molecule has 81 heavy (non-hydrogen) atoms. The van der Waals surface area contributed by atoms with Crippen LogP contribution in [0.4, 0.5) is 0 Å². The molecule has 0 fully saturated rings. The van der Waals surface area contributed by atoms with Gasteiger partial charge >= 0.3 is 5.97 Å². The van der Waals surface area contributed by atoms with Gasteiger partial charge in [0.05, 0.1) is 32.8 Å². The fraction of sp³-hybridized carbons (Fsp3) is 0.319. The standard InChI is InChI=1S/C26H32N2O2.C25H30N2O3.C18H18N2O/c1-19-11-13-23(14-12-19)26-27-17-21(3)28(26)18-24-9-5-6-10-25(24)30-15-7-8-20(2)16-22(4)29;1-18-10-12-21(13-11-18)25-26-16-20(3)27(25)17-22-8-4-5-9-23(22)30-14-6-7-19(2)15-24(28)29;1-13-7-9-15(10-8-13)18-19-11-14(2)20(18)12-16-5-3-4-6-17(16)21/h5-6,9-14,17,20H,7-8,15-16,18H2,1-4H3;4-5,8-13,16,19H,6-7,14-15,17H2,1-3H3,(H,28,29);3-11,21H,12H2,1-2H3/t20-;19-;/m11./s1. The topological polar surface area (TPSA) is 147 Å². The Balaban J connectivity index is 0.000000178. The van der Waals surface area contributed by atoms with Gasteiger partial charge in [-0.1, -0.05) is 158 Å². The second-order valence-corrected chi connectivity index (χ2v) is 21.6. The summed E-state index contributed by atoms with van der Waals surface area (Å²) in [6.45, 7) is 21.4. The molecule has 0 aliphatic rings. The highest BCUT2D eigenvalue weighted by molar-refractivity contribution is 5.75. The molecule has 0 saturated carbocycles. The molecule has 0 aliphatic carbocycles. The molecule has 422 valence electrons. The van der Waals surface area contributed by atoms with Crippen LogP contribution < -0.4 is 9.47 Å². The Morgan fingerprint density at radius 2 is 0.802 bits per heavy atom. The first-order chi connectivity index (χ1) is 39.0. The summed E-state index contributed by atoms with van der Waals surface area (Å²) in [7, 11) is 0. The van der Waals surface area contributed by atoms with Gasteiger partial charge in [-0.15, -0.1) is 0 Å². The van der Waals surface area contributed by atoms with Crippen LogP contribution in [0.1, 0.15) is 110 Å². The lowest BCUT2D eigenvalue weighted by Crippen LogP contribution is -2.09. The summed E-state index contributed by atoms with van der Waals surface area (Å²) >= 11 is 0. The van der Waals surface area contributed by atoms with E-state index in [4.69, 9.17) is 14.6 Å². The number of hydrogen-bond donors (Lipinski definition) is 2. The highest BCUT2D eigenvalue weighted by atomic mass is 16.5. The third-order valence-corrected chi connectivity index (χ3v) is 14.4. The Morgan fingerprint density at radius 1 is 0.469 bits per heavy atom. The van der Waals surface area contributed by atoms with E-state index in [2.05, 4.69) is 161 Å². The number of aryl methyl sites for hydroxylation is 6. The summed E-state index contributed by atoms with van der Waals surface area (Å²) < 4.78 is 18.8. The van der Waals surface area contributed by atoms with E-state index in [9.17, 15) is 14.7 Å². The highest BCUT2D eigenvalue weighted by Crippen LogP contribution is 2.29. The fourth-order valence-corrected chi connectivity index (χ4v) is 9.71. The molecule has 0 aliphatic heterocycles. The Morgan fingerprint density at radius 3 is 1.16 bits per heavy atom. The molecule has 3 heterocycles. The molecular formula is C69H80N6O6. The number of phenols is 1. The molecule has 0 spiro atoms. The van der Waals surface area contributed by atoms with Crippen molar-refractivity contribution in [3.8, 4) is 51.4 Å². The maximum atomic E-state index is 11.2. The minimum absolute atomic E-state index is 0.159. The molecule has 9 rings (SSSR count). The largest absolute Gasteiger partial charge is 0.508 e. The zero-order valence-electron chi connectivity index (χ0n) is 48.7. The Kier molecular flexibility index (Phi) is 22.0. The van der Waals surface area contributed by atoms with Crippen LogP contribution in [0.5, 0.6) is 17.2 Å². The minimum Gasteiger partial charge on any atom is -0.508 e. The normalized spacial score (nSPS) is 11.7. The number of aromatic nitrogens is 6. The van der Waals surface area contributed by atoms with Crippen molar-refractivity contribution in [3.05, 3.63) is 215 Å². The summed E-state index contributed by atoms with van der Waals surface area (Å²) in [5, 5.41) is 18.8. The number of carbonyl (C=O) groups is 2. The number of rotatable bonds is 23. The average Bonchev–Trinajstić information content (AvgIpc) is 4.35. The van der Waals surface area contributed by atoms with Crippen LogP contribution in [0, 0.1) is 53.4 Å². The number of imidazole rings is 3. The van der Waals surface area contributed by atoms with E-state index in [1.807, 2.05) is 81.0 Å². The number of ether oxygens (including phenoxy) is 2. The molecule has 0 amide bonds. The van der Waals surface area contributed by atoms with Crippen molar-refractivity contribution in [3.63, 3.8) is 0 Å². The molecule has 6 aromatic carbocycles. The first-order valence-corrected chi connectivity index (χ1v) is 28.2. The van der Waals surface area contributed by atoms with Crippen molar-refractivity contribution in [2.75, 3.05) is 13.2 Å². The lowest BCUT2D eigenvalue weighted by atomic mass is 10.00. The summed E-state index contributed by atoms with van der Waals surface area (Å²) in [4.78, 5) is 35.8. The van der Waals surface area contributed by atoms with Gasteiger partial charge in [0.2, 0.25) is 0 Å². The molecule has 0 unspecified atom stereocenters. The maximum absolute atomic E-state index is 11.2. The van der Waals surface area contributed by atoms with E-state index in [-0.39, 0.29) is 18.1 Å². The van der Waals surface area contributed by atoms with Crippen LogP contribution in [0.25, 0.3) is 34.2 Å². The minimum atomic E-state index is -0.742. The number of carboxylic acid groups (broad SMARTS) is 1. The molecule has 2 atom stereocenters. The van der Waals surface area contributed by atoms with Gasteiger partial charge in [0.15, 0.2) is 0 Å². The number of Topliss-reactive ketones (excluding diaryl/α,β-unsaturated/α-hetero) is 1. The number of carbonyl (C=O) groups excluding carboxylic acids is 1. The zero-order chi connectivity index (χ0) is 57.8. The number of ketones is 1. The summed E-state index contributed by atoms with van der Waals surface area (Å²) in [6.07, 6.45) is 10.2. The van der Waals surface area contributed by atoms with Crippen LogP contribution in [-0.2, 0) is 29.2 Å². The van der Waals surface area contributed by atoms with E-state index < -0.39 is 5.97 Å². The molecule has 9 aromatic rings. The van der Waals surface area contributed by atoms with E-state index in [0.717, 1.165) is 105 Å². The molecule has 12 nitrogen and oxygen atoms in total. The van der Waals surface area contributed by atoms with Gasteiger partial charge in [-0.25, -0.2) is 15.0 Å². The number of phenolic OH excluding ortho intramolecular Hbond substituents is 1. The van der Waals surface area contributed by atoms with Gasteiger partial charge < -0.3 is 38.2 Å². The Labute approximate surface area is 479 Å². The number of hydrogen-bond acceptors (Lipinski definition) is 8. The lowest BCUT2D eigenvalue weighted by Gasteiger charge is -2.15. The molecular weight excluding hydrogens is 1010 g/mol. The van der Waals surface area contributed by atoms with Crippen LogP contribution in [0.2, 0.25) is 0 Å². The first kappa shape index (κ1) is 60.1. The van der Waals surface area contributed by atoms with Gasteiger partial charge in [-0.2, -0.15) is 0 Å². The van der Waals surface area contributed by atoms with Crippen LogP contribution in [0.15, 0.2) is 164 Å². The third-order valence-electron chi connectivity index (χ3n) is 14.4. The first-order valence-electron chi connectivity index (χ1n) is 28.2. The highest BCUT2D eigenvalue weighted by Gasteiger charge is 2.16. The number of benzene rings is 6. The SMILES string of the molecule is CC(=O)C[C@H](C)CCCOc1ccccc1Cn1c(C)cnc1-c1ccc(C)cc1.Cc1ccc(-c2ncc(C)n2Cc2ccccc2O)cc1.Cc1ccc(-c2ncc(C)n2Cc2ccccc2OCCC[C@@H](C)CC(=O)O)cc1. The number of para-hydroxylation sites is 3. The smallest absolute Gasteiger partial charge is 0.303 e. The van der Waals surface area contributed by atoms with E-state index in [0.29, 0.717) is 50.9 Å². The van der Waals surface area contributed by atoms with Gasteiger partial charge in [-0.05, 0) is 104 Å². The molecule has 0 radical (unpaired) electrons. The van der Waals surface area contributed by atoms with Crippen molar-refractivity contribution < 1.29 is 29.3 Å². The number of carboxylic acids is 1. The lowest BCUT2D eigenvalue weighted by molar-refractivity contribution is -0.138. The van der Waals surface area contributed by atoms with Crippen molar-refractivity contribution in [2.45, 2.75) is 120 Å². The molecule has 0 bridgehead atoms. The predicted molar refractivity (Wildman–Crippen MR) is 325 cm³/mol. The Bertz CT molecular complexity index is 3270. The van der Waals surface area contributed by atoms with Gasteiger partial charge in [0, 0.05) is 81.9 Å². The fourth-order valence-electron chi connectivity index (χ4n) is 9.71. The van der Waals surface area contributed by atoms with Gasteiger partial charge in [-0.3, -0.25) is 4.79 Å². The number of aliphatic carboxylic acids is 1. The maximum Gasteiger partial charge on any atom is 0.303 e. The van der Waals surface area contributed by atoms with Gasteiger partial charge in [0.25, 0.3) is 0 Å². The molecule has 12 heteroatoms. The van der Waals surface area contributed by atoms with Crippen molar-refractivity contribution >= 4 is 11.8 Å². The number of aromatic hydroxyl groups is 1. The molecule has 3 aromatic heterocycles.